The molecule has 28 heavy (non-hydrogen) atoms. The summed E-state index contributed by atoms with van der Waals surface area (Å²) in [6.07, 6.45) is 5.01. The summed E-state index contributed by atoms with van der Waals surface area (Å²) in [6, 6.07) is 1.45. The van der Waals surface area contributed by atoms with Crippen LogP contribution in [0.5, 0.6) is 0 Å². The van der Waals surface area contributed by atoms with Crippen LogP contribution < -0.4 is 10.0 Å². The minimum absolute atomic E-state index is 0.0569. The summed E-state index contributed by atoms with van der Waals surface area (Å²) in [6.45, 7) is 1.17. The number of benzene rings is 1. The SMILES string of the molecule is CS(=O)(=O)N[C@H]1CCCN[C@H]1CO[C@H]1CC[C@@H](c2c(F)ccc(F)c2F)CC1. The van der Waals surface area contributed by atoms with E-state index in [9.17, 15) is 21.6 Å². The van der Waals surface area contributed by atoms with Gasteiger partial charge in [-0.15, -0.1) is 0 Å². The first-order chi connectivity index (χ1) is 13.2. The lowest BCUT2D eigenvalue weighted by Crippen LogP contribution is -2.55. The molecule has 5 nitrogen and oxygen atoms in total. The molecule has 1 heterocycles. The molecule has 0 bridgehead atoms. The Kier molecular flexibility index (Phi) is 7.01. The Bertz CT molecular complexity index is 783. The van der Waals surface area contributed by atoms with Crippen LogP contribution in [-0.4, -0.2) is 46.0 Å². The molecular weight excluding hydrogens is 393 g/mol. The second-order valence-electron chi connectivity index (χ2n) is 7.76. The van der Waals surface area contributed by atoms with E-state index < -0.39 is 27.5 Å². The summed E-state index contributed by atoms with van der Waals surface area (Å²) in [5.74, 6) is -3.18. The first-order valence-electron chi connectivity index (χ1n) is 9.70. The van der Waals surface area contributed by atoms with E-state index in [1.807, 2.05) is 0 Å². The molecule has 2 fully saturated rings. The molecule has 1 aromatic carbocycles. The van der Waals surface area contributed by atoms with Crippen molar-refractivity contribution in [2.45, 2.75) is 62.6 Å². The van der Waals surface area contributed by atoms with Gasteiger partial charge in [0.1, 0.15) is 5.82 Å². The summed E-state index contributed by atoms with van der Waals surface area (Å²) in [4.78, 5) is 0. The molecule has 158 valence electrons. The van der Waals surface area contributed by atoms with Crippen molar-refractivity contribution in [2.24, 2.45) is 0 Å². The second-order valence-corrected chi connectivity index (χ2v) is 9.54. The standard InChI is InChI=1S/C19H27F3N2O3S/c1-28(25,26)24-16-3-2-10-23-17(16)11-27-13-6-4-12(5-7-13)18-14(20)8-9-15(21)19(18)22/h8-9,12-13,16-17,23-24H,2-7,10-11H2,1H3/t12-,13+,16-,17-/m0/s1. The van der Waals surface area contributed by atoms with Crippen LogP contribution in [0.2, 0.25) is 0 Å². The number of ether oxygens (including phenoxy) is 1. The van der Waals surface area contributed by atoms with E-state index in [-0.39, 0.29) is 29.7 Å². The fraction of sp³-hybridized carbons (Fsp3) is 0.684. The third kappa shape index (κ3) is 5.46. The van der Waals surface area contributed by atoms with Gasteiger partial charge in [-0.3, -0.25) is 0 Å². The average Bonchev–Trinajstić information content (AvgIpc) is 2.64. The smallest absolute Gasteiger partial charge is 0.209 e. The number of rotatable bonds is 6. The maximum atomic E-state index is 14.0. The monoisotopic (exact) mass is 420 g/mol. The van der Waals surface area contributed by atoms with Gasteiger partial charge in [-0.2, -0.15) is 0 Å². The quantitative estimate of drug-likeness (QED) is 0.695. The zero-order chi connectivity index (χ0) is 20.3. The van der Waals surface area contributed by atoms with Gasteiger partial charge in [0.15, 0.2) is 11.6 Å². The molecule has 1 aliphatic carbocycles. The zero-order valence-electron chi connectivity index (χ0n) is 15.9. The molecule has 1 aromatic rings. The zero-order valence-corrected chi connectivity index (χ0v) is 16.7. The summed E-state index contributed by atoms with van der Waals surface area (Å²) < 4.78 is 73.1. The van der Waals surface area contributed by atoms with Gasteiger partial charge in [0.25, 0.3) is 0 Å². The molecule has 2 N–H and O–H groups in total. The van der Waals surface area contributed by atoms with E-state index in [1.54, 1.807) is 0 Å². The van der Waals surface area contributed by atoms with E-state index in [0.29, 0.717) is 32.3 Å². The second kappa shape index (κ2) is 9.11. The maximum absolute atomic E-state index is 14.0. The Morgan fingerprint density at radius 3 is 2.46 bits per heavy atom. The summed E-state index contributed by atoms with van der Waals surface area (Å²) in [5, 5.41) is 3.29. The highest BCUT2D eigenvalue weighted by molar-refractivity contribution is 7.88. The average molecular weight is 420 g/mol. The van der Waals surface area contributed by atoms with Crippen molar-refractivity contribution in [2.75, 3.05) is 19.4 Å². The molecular formula is C19H27F3N2O3S. The Hall–Kier alpha value is -1.16. The highest BCUT2D eigenvalue weighted by atomic mass is 32.2. The van der Waals surface area contributed by atoms with Crippen molar-refractivity contribution in [3.63, 3.8) is 0 Å². The first kappa shape index (κ1) is 21.5. The molecule has 0 amide bonds. The molecule has 1 saturated heterocycles. The van der Waals surface area contributed by atoms with Crippen LogP contribution in [0.25, 0.3) is 0 Å². The van der Waals surface area contributed by atoms with Gasteiger partial charge < -0.3 is 10.1 Å². The van der Waals surface area contributed by atoms with Gasteiger partial charge in [0.2, 0.25) is 10.0 Å². The van der Waals surface area contributed by atoms with Crippen molar-refractivity contribution >= 4 is 10.0 Å². The van der Waals surface area contributed by atoms with Crippen LogP contribution in [0, 0.1) is 17.5 Å². The Morgan fingerprint density at radius 1 is 1.11 bits per heavy atom. The van der Waals surface area contributed by atoms with E-state index in [4.69, 9.17) is 4.74 Å². The molecule has 0 radical (unpaired) electrons. The van der Waals surface area contributed by atoms with Gasteiger partial charge in [-0.05, 0) is 63.1 Å². The molecule has 0 spiro atoms. The van der Waals surface area contributed by atoms with Gasteiger partial charge >= 0.3 is 0 Å². The molecule has 0 unspecified atom stereocenters. The van der Waals surface area contributed by atoms with Crippen LogP contribution in [0.3, 0.4) is 0 Å². The van der Waals surface area contributed by atoms with Gasteiger partial charge in [-0.25, -0.2) is 26.3 Å². The van der Waals surface area contributed by atoms with Crippen molar-refractivity contribution in [1.82, 2.24) is 10.0 Å². The minimum atomic E-state index is -3.30. The van der Waals surface area contributed by atoms with Crippen LogP contribution in [0.15, 0.2) is 12.1 Å². The minimum Gasteiger partial charge on any atom is -0.377 e. The van der Waals surface area contributed by atoms with Crippen molar-refractivity contribution in [3.05, 3.63) is 35.1 Å². The molecule has 1 saturated carbocycles. The molecule has 2 aliphatic rings. The Morgan fingerprint density at radius 2 is 1.79 bits per heavy atom. The molecule has 0 aromatic heterocycles. The molecule has 2 atom stereocenters. The van der Waals surface area contributed by atoms with Crippen LogP contribution in [0.4, 0.5) is 13.2 Å². The molecule has 3 rings (SSSR count). The van der Waals surface area contributed by atoms with Crippen molar-refractivity contribution in [1.29, 1.82) is 0 Å². The maximum Gasteiger partial charge on any atom is 0.209 e. The number of nitrogens with one attached hydrogen (secondary N) is 2. The van der Waals surface area contributed by atoms with E-state index in [1.165, 1.54) is 0 Å². The Labute approximate surface area is 164 Å². The topological polar surface area (TPSA) is 67.4 Å². The fourth-order valence-electron chi connectivity index (χ4n) is 4.22. The Balaban J connectivity index is 1.52. The highest BCUT2D eigenvalue weighted by Crippen LogP contribution is 2.37. The van der Waals surface area contributed by atoms with Gasteiger partial charge in [0.05, 0.1) is 19.0 Å². The largest absolute Gasteiger partial charge is 0.377 e. The number of halogens is 3. The van der Waals surface area contributed by atoms with E-state index in [2.05, 4.69) is 10.0 Å². The predicted octanol–water partition coefficient (Wildman–Crippen LogP) is 2.82. The van der Waals surface area contributed by atoms with Crippen molar-refractivity contribution < 1.29 is 26.3 Å². The van der Waals surface area contributed by atoms with Gasteiger partial charge in [-0.1, -0.05) is 0 Å². The third-order valence-corrected chi connectivity index (χ3v) is 6.35. The number of piperidine rings is 1. The fourth-order valence-corrected chi connectivity index (χ4v) is 5.05. The number of hydrogen-bond acceptors (Lipinski definition) is 4. The van der Waals surface area contributed by atoms with Crippen LogP contribution in [0.1, 0.15) is 50.0 Å². The van der Waals surface area contributed by atoms with Gasteiger partial charge in [0, 0.05) is 17.6 Å². The van der Waals surface area contributed by atoms with Crippen LogP contribution in [-0.2, 0) is 14.8 Å². The number of sulfonamides is 1. The summed E-state index contributed by atoms with van der Waals surface area (Å²) in [5.41, 5.74) is -0.162. The lowest BCUT2D eigenvalue weighted by atomic mass is 9.82. The molecule has 1 aliphatic heterocycles. The van der Waals surface area contributed by atoms with E-state index in [0.717, 1.165) is 37.8 Å². The summed E-state index contributed by atoms with van der Waals surface area (Å²) >= 11 is 0. The summed E-state index contributed by atoms with van der Waals surface area (Å²) in [7, 11) is -3.30. The van der Waals surface area contributed by atoms with Crippen LogP contribution >= 0.6 is 0 Å². The van der Waals surface area contributed by atoms with Crippen molar-refractivity contribution in [3.8, 4) is 0 Å². The lowest BCUT2D eigenvalue weighted by molar-refractivity contribution is 0.00486. The highest BCUT2D eigenvalue weighted by Gasteiger charge is 2.31. The normalized spacial score (nSPS) is 29.0. The molecule has 9 heteroatoms. The van der Waals surface area contributed by atoms with E-state index >= 15 is 0 Å². The number of hydrogen-bond donors (Lipinski definition) is 2. The predicted molar refractivity (Wildman–Crippen MR) is 100 cm³/mol. The third-order valence-electron chi connectivity index (χ3n) is 5.62. The first-order valence-corrected chi connectivity index (χ1v) is 11.6. The lowest BCUT2D eigenvalue weighted by Gasteiger charge is -2.35.